The average Bonchev–Trinajstić information content (AvgIpc) is 2.86. The van der Waals surface area contributed by atoms with Gasteiger partial charge in [-0.2, -0.15) is 0 Å². The average molecular weight is 372 g/mol. The Labute approximate surface area is 160 Å². The number of fused-ring (bicyclic) bond motifs is 1. The minimum Gasteiger partial charge on any atom is -0.444 e. The highest BCUT2D eigenvalue weighted by Gasteiger charge is 2.34. The van der Waals surface area contributed by atoms with Gasteiger partial charge in [0.1, 0.15) is 5.60 Å². The molecule has 0 aromatic heterocycles. The molecule has 1 saturated heterocycles. The summed E-state index contributed by atoms with van der Waals surface area (Å²) in [5, 5.41) is 0. The van der Waals surface area contributed by atoms with E-state index in [0.29, 0.717) is 36.7 Å². The van der Waals surface area contributed by atoms with E-state index in [1.807, 2.05) is 20.8 Å². The van der Waals surface area contributed by atoms with Crippen molar-refractivity contribution in [1.82, 2.24) is 9.80 Å². The number of ether oxygens (including phenoxy) is 1. The molecule has 1 aromatic rings. The predicted molar refractivity (Wildman–Crippen MR) is 102 cm³/mol. The summed E-state index contributed by atoms with van der Waals surface area (Å²) in [4.78, 5) is 40.0. The Hall–Kier alpha value is -2.37. The summed E-state index contributed by atoms with van der Waals surface area (Å²) in [5.74, 6) is 0.143. The number of piperidine rings is 1. The molecule has 0 aliphatic carbocycles. The Morgan fingerprint density at radius 1 is 1.07 bits per heavy atom. The molecule has 3 rings (SSSR count). The predicted octanol–water partition coefficient (Wildman–Crippen LogP) is 3.71. The highest BCUT2D eigenvalue weighted by Crippen LogP contribution is 2.26. The van der Waals surface area contributed by atoms with E-state index in [-0.39, 0.29) is 17.9 Å². The van der Waals surface area contributed by atoms with E-state index in [9.17, 15) is 14.4 Å². The van der Waals surface area contributed by atoms with E-state index in [1.165, 1.54) is 4.90 Å². The molecule has 0 bridgehead atoms. The van der Waals surface area contributed by atoms with Crippen molar-refractivity contribution >= 4 is 17.9 Å². The molecule has 0 spiro atoms. The van der Waals surface area contributed by atoms with Gasteiger partial charge < -0.3 is 9.64 Å². The standard InChI is InChI=1S/C21H28N2O4/c1-21(2,3)27-20(26)22-13-10-15(11-14-22)7-6-12-23-18(24)16-8-4-5-9-17(16)19(23)25/h4-5,8-9,15H,6-7,10-14H2,1-3H3. The molecule has 2 heterocycles. The van der Waals surface area contributed by atoms with Gasteiger partial charge in [-0.1, -0.05) is 12.1 Å². The smallest absolute Gasteiger partial charge is 0.410 e. The zero-order chi connectivity index (χ0) is 19.6. The van der Waals surface area contributed by atoms with Gasteiger partial charge in [0.05, 0.1) is 11.1 Å². The number of benzene rings is 1. The lowest BCUT2D eigenvalue weighted by atomic mass is 9.92. The van der Waals surface area contributed by atoms with Gasteiger partial charge in [0.2, 0.25) is 0 Å². The fraction of sp³-hybridized carbons (Fsp3) is 0.571. The van der Waals surface area contributed by atoms with Crippen molar-refractivity contribution in [3.05, 3.63) is 35.4 Å². The highest BCUT2D eigenvalue weighted by molar-refractivity contribution is 6.21. The summed E-state index contributed by atoms with van der Waals surface area (Å²) < 4.78 is 5.42. The van der Waals surface area contributed by atoms with Gasteiger partial charge in [-0.3, -0.25) is 14.5 Å². The van der Waals surface area contributed by atoms with E-state index in [0.717, 1.165) is 25.7 Å². The minimum absolute atomic E-state index is 0.185. The van der Waals surface area contributed by atoms with Crippen LogP contribution in [0.5, 0.6) is 0 Å². The van der Waals surface area contributed by atoms with Crippen molar-refractivity contribution in [2.45, 2.75) is 52.1 Å². The molecular weight excluding hydrogens is 344 g/mol. The van der Waals surface area contributed by atoms with Crippen molar-refractivity contribution in [2.24, 2.45) is 5.92 Å². The normalized spacial score (nSPS) is 18.0. The molecule has 0 saturated carbocycles. The van der Waals surface area contributed by atoms with Crippen LogP contribution in [0.1, 0.15) is 67.2 Å². The Balaban J connectivity index is 1.42. The molecule has 3 amide bonds. The summed E-state index contributed by atoms with van der Waals surface area (Å²) >= 11 is 0. The first-order valence-electron chi connectivity index (χ1n) is 9.69. The molecular formula is C21H28N2O4. The first kappa shape index (κ1) is 19.4. The molecule has 0 atom stereocenters. The molecule has 6 nitrogen and oxygen atoms in total. The van der Waals surface area contributed by atoms with Crippen molar-refractivity contribution in [3.63, 3.8) is 0 Å². The third kappa shape index (κ3) is 4.49. The molecule has 0 unspecified atom stereocenters. The maximum absolute atomic E-state index is 12.4. The van der Waals surface area contributed by atoms with Gasteiger partial charge >= 0.3 is 6.09 Å². The van der Waals surface area contributed by atoms with Gasteiger partial charge in [0.25, 0.3) is 11.8 Å². The zero-order valence-corrected chi connectivity index (χ0v) is 16.4. The number of carbonyl (C=O) groups is 3. The van der Waals surface area contributed by atoms with Crippen molar-refractivity contribution < 1.29 is 19.1 Å². The van der Waals surface area contributed by atoms with E-state index in [4.69, 9.17) is 4.74 Å². The van der Waals surface area contributed by atoms with E-state index in [1.54, 1.807) is 29.2 Å². The van der Waals surface area contributed by atoms with Gasteiger partial charge in [0.15, 0.2) is 0 Å². The highest BCUT2D eigenvalue weighted by atomic mass is 16.6. The Bertz CT molecular complexity index is 695. The summed E-state index contributed by atoms with van der Waals surface area (Å²) in [6, 6.07) is 6.99. The second-order valence-electron chi connectivity index (χ2n) is 8.36. The van der Waals surface area contributed by atoms with Crippen LogP contribution >= 0.6 is 0 Å². The van der Waals surface area contributed by atoms with Crippen LogP contribution in [0.15, 0.2) is 24.3 Å². The first-order chi connectivity index (χ1) is 12.8. The third-order valence-electron chi connectivity index (χ3n) is 5.14. The van der Waals surface area contributed by atoms with Crippen LogP contribution in [0.3, 0.4) is 0 Å². The van der Waals surface area contributed by atoms with E-state index in [2.05, 4.69) is 0 Å². The molecule has 2 aliphatic heterocycles. The number of amides is 3. The number of hydrogen-bond acceptors (Lipinski definition) is 4. The van der Waals surface area contributed by atoms with Gasteiger partial charge in [-0.05, 0) is 64.5 Å². The fourth-order valence-electron chi connectivity index (χ4n) is 3.71. The van der Waals surface area contributed by atoms with Crippen LogP contribution in [0, 0.1) is 5.92 Å². The first-order valence-corrected chi connectivity index (χ1v) is 9.69. The largest absolute Gasteiger partial charge is 0.444 e. The van der Waals surface area contributed by atoms with Crippen molar-refractivity contribution in [1.29, 1.82) is 0 Å². The lowest BCUT2D eigenvalue weighted by Crippen LogP contribution is -2.41. The van der Waals surface area contributed by atoms with Crippen molar-refractivity contribution in [3.8, 4) is 0 Å². The third-order valence-corrected chi connectivity index (χ3v) is 5.14. The number of likely N-dealkylation sites (tertiary alicyclic amines) is 1. The molecule has 27 heavy (non-hydrogen) atoms. The number of carbonyl (C=O) groups excluding carboxylic acids is 3. The van der Waals surface area contributed by atoms with Crippen LogP contribution in [0.2, 0.25) is 0 Å². The van der Waals surface area contributed by atoms with Crippen LogP contribution in [-0.2, 0) is 4.74 Å². The molecule has 0 radical (unpaired) electrons. The molecule has 1 aromatic carbocycles. The number of hydrogen-bond donors (Lipinski definition) is 0. The van der Waals surface area contributed by atoms with Gasteiger partial charge in [-0.25, -0.2) is 4.79 Å². The Morgan fingerprint density at radius 2 is 1.63 bits per heavy atom. The quantitative estimate of drug-likeness (QED) is 0.756. The molecule has 0 N–H and O–H groups in total. The maximum Gasteiger partial charge on any atom is 0.410 e. The monoisotopic (exact) mass is 372 g/mol. The SMILES string of the molecule is CC(C)(C)OC(=O)N1CCC(CCCN2C(=O)c3ccccc3C2=O)CC1. The fourth-order valence-corrected chi connectivity index (χ4v) is 3.71. The number of imide groups is 1. The lowest BCUT2D eigenvalue weighted by molar-refractivity contribution is 0.0178. The Morgan fingerprint density at radius 3 is 2.15 bits per heavy atom. The van der Waals surface area contributed by atoms with E-state index < -0.39 is 5.60 Å². The van der Waals surface area contributed by atoms with Crippen LogP contribution in [0.4, 0.5) is 4.79 Å². The lowest BCUT2D eigenvalue weighted by Gasteiger charge is -2.33. The number of nitrogens with zero attached hydrogens (tertiary/aromatic N) is 2. The molecule has 2 aliphatic rings. The topological polar surface area (TPSA) is 66.9 Å². The molecule has 6 heteroatoms. The zero-order valence-electron chi connectivity index (χ0n) is 16.4. The van der Waals surface area contributed by atoms with Crippen LogP contribution < -0.4 is 0 Å². The molecule has 146 valence electrons. The Kier molecular flexibility index (Phi) is 5.53. The van der Waals surface area contributed by atoms with Gasteiger partial charge in [-0.15, -0.1) is 0 Å². The number of rotatable bonds is 4. The summed E-state index contributed by atoms with van der Waals surface area (Å²) in [6.07, 6.45) is 3.37. The summed E-state index contributed by atoms with van der Waals surface area (Å²) in [6.45, 7) is 7.47. The molecule has 1 fully saturated rings. The second kappa shape index (κ2) is 7.71. The minimum atomic E-state index is -0.472. The summed E-state index contributed by atoms with van der Waals surface area (Å²) in [5.41, 5.74) is 0.543. The van der Waals surface area contributed by atoms with Crippen LogP contribution in [-0.4, -0.2) is 52.9 Å². The summed E-state index contributed by atoms with van der Waals surface area (Å²) in [7, 11) is 0. The van der Waals surface area contributed by atoms with E-state index >= 15 is 0 Å². The van der Waals surface area contributed by atoms with Crippen molar-refractivity contribution in [2.75, 3.05) is 19.6 Å². The maximum atomic E-state index is 12.4. The van der Waals surface area contributed by atoms with Crippen LogP contribution in [0.25, 0.3) is 0 Å². The van der Waals surface area contributed by atoms with Gasteiger partial charge in [0, 0.05) is 19.6 Å². The second-order valence-corrected chi connectivity index (χ2v) is 8.36.